The SMILES string of the molecule is CCCNCc1nc(CCC)c(C(=O)OC)s1. The first kappa shape index (κ1) is 14.1. The van der Waals surface area contributed by atoms with E-state index in [9.17, 15) is 4.79 Å². The average Bonchev–Trinajstić information content (AvgIpc) is 2.72. The third-order valence-electron chi connectivity index (χ3n) is 2.30. The van der Waals surface area contributed by atoms with Crippen molar-refractivity contribution < 1.29 is 9.53 Å². The number of hydrogen-bond acceptors (Lipinski definition) is 5. The van der Waals surface area contributed by atoms with E-state index in [1.165, 1.54) is 18.4 Å². The van der Waals surface area contributed by atoms with E-state index in [1.54, 1.807) is 0 Å². The summed E-state index contributed by atoms with van der Waals surface area (Å²) in [6, 6.07) is 0. The molecule has 0 aliphatic rings. The summed E-state index contributed by atoms with van der Waals surface area (Å²) in [5.74, 6) is -0.271. The molecule has 0 unspecified atom stereocenters. The zero-order valence-corrected chi connectivity index (χ0v) is 11.5. The van der Waals surface area contributed by atoms with Gasteiger partial charge in [-0.3, -0.25) is 0 Å². The molecule has 0 saturated heterocycles. The molecular weight excluding hydrogens is 236 g/mol. The zero-order valence-electron chi connectivity index (χ0n) is 10.7. The van der Waals surface area contributed by atoms with Gasteiger partial charge in [0.15, 0.2) is 0 Å². The number of thiazole rings is 1. The van der Waals surface area contributed by atoms with E-state index >= 15 is 0 Å². The molecule has 0 spiro atoms. The highest BCUT2D eigenvalue weighted by Crippen LogP contribution is 2.21. The van der Waals surface area contributed by atoms with Crippen LogP contribution >= 0.6 is 11.3 Å². The number of hydrogen-bond donors (Lipinski definition) is 1. The molecule has 0 aliphatic heterocycles. The normalized spacial score (nSPS) is 10.5. The minimum Gasteiger partial charge on any atom is -0.465 e. The van der Waals surface area contributed by atoms with E-state index < -0.39 is 0 Å². The number of carbonyl (C=O) groups excluding carboxylic acids is 1. The lowest BCUT2D eigenvalue weighted by molar-refractivity contribution is 0.0605. The van der Waals surface area contributed by atoms with Crippen LogP contribution in [0.1, 0.15) is 47.1 Å². The van der Waals surface area contributed by atoms with Crippen LogP contribution < -0.4 is 5.32 Å². The molecule has 0 amide bonds. The third-order valence-corrected chi connectivity index (χ3v) is 3.38. The van der Waals surface area contributed by atoms with Crippen molar-refractivity contribution in [3.8, 4) is 0 Å². The van der Waals surface area contributed by atoms with E-state index in [0.717, 1.165) is 43.1 Å². The van der Waals surface area contributed by atoms with Gasteiger partial charge in [0, 0.05) is 6.54 Å². The quantitative estimate of drug-likeness (QED) is 0.601. The second kappa shape index (κ2) is 7.40. The van der Waals surface area contributed by atoms with Crippen molar-refractivity contribution in [3.63, 3.8) is 0 Å². The van der Waals surface area contributed by atoms with Gasteiger partial charge in [-0.25, -0.2) is 9.78 Å². The summed E-state index contributed by atoms with van der Waals surface area (Å²) in [4.78, 5) is 16.7. The van der Waals surface area contributed by atoms with Gasteiger partial charge < -0.3 is 10.1 Å². The van der Waals surface area contributed by atoms with Gasteiger partial charge in [0.2, 0.25) is 0 Å². The standard InChI is InChI=1S/C12H20N2O2S/c1-4-6-9-11(12(15)16-3)17-10(14-9)8-13-7-5-2/h13H,4-8H2,1-3H3. The number of esters is 1. The molecular formula is C12H20N2O2S. The van der Waals surface area contributed by atoms with E-state index in [2.05, 4.69) is 24.1 Å². The lowest BCUT2D eigenvalue weighted by atomic mass is 10.2. The smallest absolute Gasteiger partial charge is 0.349 e. The first-order valence-electron chi connectivity index (χ1n) is 6.00. The van der Waals surface area contributed by atoms with E-state index in [0.29, 0.717) is 4.88 Å². The Morgan fingerprint density at radius 3 is 2.76 bits per heavy atom. The van der Waals surface area contributed by atoms with Crippen LogP contribution in [-0.2, 0) is 17.7 Å². The third kappa shape index (κ3) is 4.09. The number of ether oxygens (including phenoxy) is 1. The summed E-state index contributed by atoms with van der Waals surface area (Å²) in [5, 5.41) is 4.25. The van der Waals surface area contributed by atoms with Crippen LogP contribution in [0.4, 0.5) is 0 Å². The Kier molecular flexibility index (Phi) is 6.15. The van der Waals surface area contributed by atoms with Crippen molar-refractivity contribution in [2.75, 3.05) is 13.7 Å². The van der Waals surface area contributed by atoms with Gasteiger partial charge >= 0.3 is 5.97 Å². The zero-order chi connectivity index (χ0) is 12.7. The van der Waals surface area contributed by atoms with Gasteiger partial charge in [-0.05, 0) is 19.4 Å². The van der Waals surface area contributed by atoms with Crippen molar-refractivity contribution in [2.45, 2.75) is 39.7 Å². The number of nitrogens with one attached hydrogen (secondary N) is 1. The summed E-state index contributed by atoms with van der Waals surface area (Å²) < 4.78 is 4.77. The summed E-state index contributed by atoms with van der Waals surface area (Å²) in [6.07, 6.45) is 2.90. The van der Waals surface area contributed by atoms with Gasteiger partial charge in [-0.1, -0.05) is 20.3 Å². The molecule has 0 bridgehead atoms. The van der Waals surface area contributed by atoms with Gasteiger partial charge in [0.25, 0.3) is 0 Å². The number of rotatable bonds is 7. The second-order valence-corrected chi connectivity index (χ2v) is 4.89. The molecule has 0 aromatic carbocycles. The maximum atomic E-state index is 11.6. The maximum absolute atomic E-state index is 11.6. The Hall–Kier alpha value is -0.940. The van der Waals surface area contributed by atoms with Crippen LogP contribution in [0.3, 0.4) is 0 Å². The minimum absolute atomic E-state index is 0.271. The molecule has 0 aliphatic carbocycles. The monoisotopic (exact) mass is 256 g/mol. The number of nitrogens with zero attached hydrogens (tertiary/aromatic N) is 1. The molecule has 0 fully saturated rings. The summed E-state index contributed by atoms with van der Waals surface area (Å²) in [5.41, 5.74) is 0.873. The number of methoxy groups -OCH3 is 1. The van der Waals surface area contributed by atoms with Crippen LogP contribution in [0, 0.1) is 0 Å². The lowest BCUT2D eigenvalue weighted by Crippen LogP contribution is -2.13. The Morgan fingerprint density at radius 2 is 2.18 bits per heavy atom. The molecule has 0 radical (unpaired) electrons. The Balaban J connectivity index is 2.76. The Morgan fingerprint density at radius 1 is 1.41 bits per heavy atom. The van der Waals surface area contributed by atoms with E-state index in [-0.39, 0.29) is 5.97 Å². The topological polar surface area (TPSA) is 51.2 Å². The van der Waals surface area contributed by atoms with Gasteiger partial charge in [-0.15, -0.1) is 11.3 Å². The average molecular weight is 256 g/mol. The van der Waals surface area contributed by atoms with Gasteiger partial charge in [0.05, 0.1) is 12.8 Å². The molecule has 96 valence electrons. The largest absolute Gasteiger partial charge is 0.465 e. The fourth-order valence-electron chi connectivity index (χ4n) is 1.51. The van der Waals surface area contributed by atoms with Crippen molar-refractivity contribution >= 4 is 17.3 Å². The number of aromatic nitrogens is 1. The molecule has 1 rings (SSSR count). The first-order chi connectivity index (χ1) is 8.22. The van der Waals surface area contributed by atoms with Crippen LogP contribution in [0.5, 0.6) is 0 Å². The lowest BCUT2D eigenvalue weighted by Gasteiger charge is -1.97. The summed E-state index contributed by atoms with van der Waals surface area (Å²) in [7, 11) is 1.41. The summed E-state index contributed by atoms with van der Waals surface area (Å²) in [6.45, 7) is 5.90. The number of carbonyl (C=O) groups is 1. The molecule has 1 aromatic heterocycles. The van der Waals surface area contributed by atoms with E-state index in [1.807, 2.05) is 0 Å². The molecule has 1 aromatic rings. The van der Waals surface area contributed by atoms with Crippen molar-refractivity contribution in [1.82, 2.24) is 10.3 Å². The highest BCUT2D eigenvalue weighted by molar-refractivity contribution is 7.13. The second-order valence-electron chi connectivity index (χ2n) is 3.80. The van der Waals surface area contributed by atoms with Crippen molar-refractivity contribution in [3.05, 3.63) is 15.6 Å². The van der Waals surface area contributed by atoms with Gasteiger partial charge in [0.1, 0.15) is 9.88 Å². The van der Waals surface area contributed by atoms with E-state index in [4.69, 9.17) is 4.74 Å². The Labute approximate surface area is 106 Å². The van der Waals surface area contributed by atoms with Crippen molar-refractivity contribution in [1.29, 1.82) is 0 Å². The van der Waals surface area contributed by atoms with Crippen LogP contribution in [0.2, 0.25) is 0 Å². The fraction of sp³-hybridized carbons (Fsp3) is 0.667. The van der Waals surface area contributed by atoms with Crippen molar-refractivity contribution in [2.24, 2.45) is 0 Å². The molecule has 4 nitrogen and oxygen atoms in total. The highest BCUT2D eigenvalue weighted by atomic mass is 32.1. The maximum Gasteiger partial charge on any atom is 0.349 e. The first-order valence-corrected chi connectivity index (χ1v) is 6.82. The molecule has 1 N–H and O–H groups in total. The molecule has 0 atom stereocenters. The van der Waals surface area contributed by atoms with Crippen LogP contribution in [0.25, 0.3) is 0 Å². The minimum atomic E-state index is -0.271. The molecule has 5 heteroatoms. The molecule has 17 heavy (non-hydrogen) atoms. The predicted octanol–water partition coefficient (Wildman–Crippen LogP) is 2.38. The molecule has 1 heterocycles. The fourth-order valence-corrected chi connectivity index (χ4v) is 2.50. The predicted molar refractivity (Wildman–Crippen MR) is 69.4 cm³/mol. The number of aryl methyl sites for hydroxylation is 1. The van der Waals surface area contributed by atoms with Crippen LogP contribution in [0.15, 0.2) is 0 Å². The highest BCUT2D eigenvalue weighted by Gasteiger charge is 2.17. The summed E-state index contributed by atoms with van der Waals surface area (Å²) >= 11 is 1.43. The Bertz CT molecular complexity index is 363. The molecule has 0 saturated carbocycles. The van der Waals surface area contributed by atoms with Crippen LogP contribution in [-0.4, -0.2) is 24.6 Å². The van der Waals surface area contributed by atoms with Gasteiger partial charge in [-0.2, -0.15) is 0 Å².